The van der Waals surface area contributed by atoms with Crippen LogP contribution in [0.3, 0.4) is 0 Å². The summed E-state index contributed by atoms with van der Waals surface area (Å²) in [6, 6.07) is 5.91. The van der Waals surface area contributed by atoms with E-state index >= 15 is 0 Å². The molecule has 3 heterocycles. The molecule has 160 valence electrons. The average Bonchev–Trinajstić information content (AvgIpc) is 3.33. The molecule has 0 unspecified atom stereocenters. The first kappa shape index (κ1) is 27.8. The molecule has 0 spiro atoms. The maximum atomic E-state index is 6.48. The molecule has 2 aliphatic heterocycles. The van der Waals surface area contributed by atoms with Crippen molar-refractivity contribution < 1.29 is 0 Å². The van der Waals surface area contributed by atoms with Crippen LogP contribution in [0.5, 0.6) is 0 Å². The lowest BCUT2D eigenvalue weighted by atomic mass is 9.58. The summed E-state index contributed by atoms with van der Waals surface area (Å²) < 4.78 is 0. The highest BCUT2D eigenvalue weighted by atomic mass is 15.2. The third-order valence-corrected chi connectivity index (χ3v) is 5.25. The number of piperidine rings is 1. The van der Waals surface area contributed by atoms with Gasteiger partial charge in [0.25, 0.3) is 0 Å². The minimum atomic E-state index is -1.01. The third-order valence-electron chi connectivity index (χ3n) is 5.25. The molecule has 2 aliphatic rings. The molecule has 0 amide bonds. The smallest absolute Gasteiger partial charge is 0.0909 e. The highest BCUT2D eigenvalue weighted by Crippen LogP contribution is 2.28. The Labute approximate surface area is 184 Å². The molecule has 29 heavy (non-hydrogen) atoms. The summed E-state index contributed by atoms with van der Waals surface area (Å²) in [6.45, 7) is 22.5. The lowest BCUT2D eigenvalue weighted by Gasteiger charge is -2.43. The summed E-state index contributed by atoms with van der Waals surface area (Å²) in [7, 11) is 13.0. The summed E-state index contributed by atoms with van der Waals surface area (Å²) >= 11 is 0. The SMILES string of the molecule is CC.CC.CC.[B]C([B])(c1cccc(C(=C)N2CCCC2)n1)N1CCC(C)CC1. The maximum absolute atomic E-state index is 6.48. The standard InChI is InChI=1S/C18H25B2N3.3C2H6/c1-14-8-12-23(13-9-14)18(19,20)17-7-5-6-16(21-17)15(2)22-10-3-4-11-22;3*1-2/h5-7,14H,2-4,8-13H2,1H3;3*1-2H3. The molecule has 0 atom stereocenters. The van der Waals surface area contributed by atoms with Gasteiger partial charge in [-0.2, -0.15) is 0 Å². The molecular formula is C24H43B2N3. The Morgan fingerprint density at radius 2 is 1.48 bits per heavy atom. The second-order valence-electron chi connectivity index (χ2n) is 7.04. The van der Waals surface area contributed by atoms with Gasteiger partial charge in [-0.15, -0.1) is 0 Å². The van der Waals surface area contributed by atoms with Crippen molar-refractivity contribution in [3.8, 4) is 0 Å². The van der Waals surface area contributed by atoms with E-state index in [1.165, 1.54) is 12.8 Å². The first-order valence-electron chi connectivity index (χ1n) is 11.7. The first-order chi connectivity index (χ1) is 14.0. The number of nitrogens with zero attached hydrogens (tertiary/aromatic N) is 3. The van der Waals surface area contributed by atoms with Crippen LogP contribution in [0.4, 0.5) is 0 Å². The molecule has 0 aliphatic carbocycles. The zero-order valence-corrected chi connectivity index (χ0v) is 20.2. The van der Waals surface area contributed by atoms with E-state index in [2.05, 4.69) is 23.3 Å². The molecule has 0 bridgehead atoms. The van der Waals surface area contributed by atoms with Crippen molar-refractivity contribution in [2.45, 2.75) is 79.5 Å². The quantitative estimate of drug-likeness (QED) is 0.636. The van der Waals surface area contributed by atoms with E-state index < -0.39 is 5.34 Å². The molecule has 2 saturated heterocycles. The van der Waals surface area contributed by atoms with Gasteiger partial charge in [0.1, 0.15) is 0 Å². The maximum Gasteiger partial charge on any atom is 0.0909 e. The second-order valence-corrected chi connectivity index (χ2v) is 7.04. The highest BCUT2D eigenvalue weighted by molar-refractivity contribution is 6.39. The van der Waals surface area contributed by atoms with Crippen LogP contribution in [0.15, 0.2) is 24.8 Å². The lowest BCUT2D eigenvalue weighted by Crippen LogP contribution is -2.51. The monoisotopic (exact) mass is 395 g/mol. The average molecular weight is 395 g/mol. The zero-order chi connectivity index (χ0) is 22.4. The van der Waals surface area contributed by atoms with Crippen LogP contribution < -0.4 is 0 Å². The second kappa shape index (κ2) is 14.7. The van der Waals surface area contributed by atoms with Gasteiger partial charge in [0.2, 0.25) is 0 Å². The predicted octanol–water partition coefficient (Wildman–Crippen LogP) is 5.41. The van der Waals surface area contributed by atoms with E-state index in [1.54, 1.807) is 0 Å². The Morgan fingerprint density at radius 3 is 2.00 bits per heavy atom. The van der Waals surface area contributed by atoms with Crippen LogP contribution in [0.1, 0.15) is 85.5 Å². The van der Waals surface area contributed by atoms with E-state index in [1.807, 2.05) is 59.7 Å². The van der Waals surface area contributed by atoms with Crippen molar-refractivity contribution in [3.05, 3.63) is 36.2 Å². The van der Waals surface area contributed by atoms with Gasteiger partial charge in [-0.25, -0.2) is 0 Å². The Balaban J connectivity index is 0.00000120. The normalized spacial score (nSPS) is 17.1. The predicted molar refractivity (Wildman–Crippen MR) is 131 cm³/mol. The van der Waals surface area contributed by atoms with Crippen LogP contribution in [0.2, 0.25) is 0 Å². The molecule has 0 N–H and O–H groups in total. The van der Waals surface area contributed by atoms with Gasteiger partial charge in [0, 0.05) is 18.8 Å². The number of hydrogen-bond acceptors (Lipinski definition) is 3. The molecule has 2 fully saturated rings. The fraction of sp³-hybridized carbons (Fsp3) is 0.708. The summed E-state index contributed by atoms with van der Waals surface area (Å²) in [5.41, 5.74) is 2.59. The summed E-state index contributed by atoms with van der Waals surface area (Å²) in [5, 5.41) is -1.01. The Hall–Kier alpha value is -1.22. The number of pyridine rings is 1. The molecule has 0 aromatic carbocycles. The van der Waals surface area contributed by atoms with Gasteiger partial charge in [0.15, 0.2) is 0 Å². The van der Waals surface area contributed by atoms with Gasteiger partial charge in [0.05, 0.1) is 27.1 Å². The first-order valence-corrected chi connectivity index (χ1v) is 11.7. The number of aromatic nitrogens is 1. The van der Waals surface area contributed by atoms with Gasteiger partial charge in [-0.1, -0.05) is 61.1 Å². The van der Waals surface area contributed by atoms with Gasteiger partial charge < -0.3 is 9.80 Å². The lowest BCUT2D eigenvalue weighted by molar-refractivity contribution is 0.153. The number of hydrogen-bond donors (Lipinski definition) is 0. The van der Waals surface area contributed by atoms with E-state index in [0.29, 0.717) is 0 Å². The summed E-state index contributed by atoms with van der Waals surface area (Å²) in [5.74, 6) is 0.747. The zero-order valence-electron chi connectivity index (χ0n) is 20.2. The van der Waals surface area contributed by atoms with Gasteiger partial charge in [-0.3, -0.25) is 4.98 Å². The van der Waals surface area contributed by atoms with Crippen molar-refractivity contribution in [2.24, 2.45) is 5.92 Å². The summed E-state index contributed by atoms with van der Waals surface area (Å²) in [6.07, 6.45) is 4.72. The van der Waals surface area contributed by atoms with Crippen molar-refractivity contribution in [1.29, 1.82) is 0 Å². The number of rotatable bonds is 4. The summed E-state index contributed by atoms with van der Waals surface area (Å²) in [4.78, 5) is 9.20. The van der Waals surface area contributed by atoms with Crippen LogP contribution in [-0.2, 0) is 5.34 Å². The molecular weight excluding hydrogens is 352 g/mol. The third kappa shape index (κ3) is 7.85. The molecule has 3 rings (SSSR count). The van der Waals surface area contributed by atoms with Crippen molar-refractivity contribution >= 4 is 21.4 Å². The van der Waals surface area contributed by atoms with Crippen LogP contribution >= 0.6 is 0 Å². The molecule has 4 radical (unpaired) electrons. The molecule has 1 aromatic heterocycles. The van der Waals surface area contributed by atoms with E-state index in [4.69, 9.17) is 20.7 Å². The Kier molecular flexibility index (Phi) is 14.1. The highest BCUT2D eigenvalue weighted by Gasteiger charge is 2.31. The van der Waals surface area contributed by atoms with E-state index in [-0.39, 0.29) is 0 Å². The Morgan fingerprint density at radius 1 is 0.966 bits per heavy atom. The van der Waals surface area contributed by atoms with Crippen LogP contribution in [0, 0.1) is 5.92 Å². The topological polar surface area (TPSA) is 19.4 Å². The van der Waals surface area contributed by atoms with Crippen LogP contribution in [-0.4, -0.2) is 56.7 Å². The van der Waals surface area contributed by atoms with E-state index in [9.17, 15) is 0 Å². The van der Waals surface area contributed by atoms with Gasteiger partial charge >= 0.3 is 0 Å². The number of likely N-dealkylation sites (tertiary alicyclic amines) is 2. The minimum absolute atomic E-state index is 0.727. The fourth-order valence-electron chi connectivity index (χ4n) is 3.51. The fourth-order valence-corrected chi connectivity index (χ4v) is 3.51. The minimum Gasteiger partial charge on any atom is -0.370 e. The van der Waals surface area contributed by atoms with E-state index in [0.717, 1.165) is 62.0 Å². The van der Waals surface area contributed by atoms with Crippen molar-refractivity contribution in [3.63, 3.8) is 0 Å². The van der Waals surface area contributed by atoms with Crippen molar-refractivity contribution in [1.82, 2.24) is 14.8 Å². The Bertz CT molecular complexity index is 561. The molecule has 3 nitrogen and oxygen atoms in total. The molecule has 0 saturated carbocycles. The van der Waals surface area contributed by atoms with Crippen LogP contribution in [0.25, 0.3) is 5.70 Å². The van der Waals surface area contributed by atoms with Gasteiger partial charge in [-0.05, 0) is 62.2 Å². The van der Waals surface area contributed by atoms with Crippen molar-refractivity contribution in [2.75, 3.05) is 26.2 Å². The largest absolute Gasteiger partial charge is 0.370 e. The molecule has 1 aromatic rings. The molecule has 5 heteroatoms.